The maximum absolute atomic E-state index is 12.3. The average molecular weight is 392 g/mol. The standard InChI is InChI=1S/C21H23F3N2O2/c1-20(2,3)16-8-6-15(7-9-16)19(28)26-17-10-4-14(5-11-17)12-18(27)25-13-21(22,23)24/h4-11H,12-13H2,1-3H3,(H,25,27)(H,26,28). The molecule has 0 aliphatic heterocycles. The van der Waals surface area contributed by atoms with Crippen LogP contribution in [0, 0.1) is 0 Å². The molecule has 2 rings (SSSR count). The highest BCUT2D eigenvalue weighted by molar-refractivity contribution is 6.04. The molecule has 0 saturated carbocycles. The molecule has 4 nitrogen and oxygen atoms in total. The predicted octanol–water partition coefficient (Wildman–Crippen LogP) is 4.46. The lowest BCUT2D eigenvalue weighted by Gasteiger charge is -2.19. The minimum absolute atomic E-state index is 0.00275. The van der Waals surface area contributed by atoms with E-state index in [1.807, 2.05) is 17.4 Å². The molecule has 0 atom stereocenters. The molecule has 28 heavy (non-hydrogen) atoms. The van der Waals surface area contributed by atoms with E-state index in [9.17, 15) is 22.8 Å². The number of carbonyl (C=O) groups is 2. The molecule has 2 amide bonds. The van der Waals surface area contributed by atoms with Gasteiger partial charge in [0.05, 0.1) is 6.42 Å². The first-order valence-electron chi connectivity index (χ1n) is 8.78. The minimum Gasteiger partial charge on any atom is -0.347 e. The smallest absolute Gasteiger partial charge is 0.347 e. The Morgan fingerprint density at radius 1 is 0.893 bits per heavy atom. The van der Waals surface area contributed by atoms with Gasteiger partial charge in [0.2, 0.25) is 5.91 Å². The fourth-order valence-corrected chi connectivity index (χ4v) is 2.48. The summed E-state index contributed by atoms with van der Waals surface area (Å²) < 4.78 is 36.3. The van der Waals surface area contributed by atoms with Crippen molar-refractivity contribution in [2.45, 2.75) is 38.8 Å². The van der Waals surface area contributed by atoms with E-state index >= 15 is 0 Å². The quantitative estimate of drug-likeness (QED) is 0.790. The molecule has 2 aromatic carbocycles. The minimum atomic E-state index is -4.44. The summed E-state index contributed by atoms with van der Waals surface area (Å²) in [5.41, 5.74) is 2.72. The van der Waals surface area contributed by atoms with Crippen molar-refractivity contribution in [2.24, 2.45) is 0 Å². The van der Waals surface area contributed by atoms with Crippen LogP contribution in [0.5, 0.6) is 0 Å². The maximum atomic E-state index is 12.3. The largest absolute Gasteiger partial charge is 0.405 e. The van der Waals surface area contributed by atoms with E-state index in [-0.39, 0.29) is 17.7 Å². The highest BCUT2D eigenvalue weighted by atomic mass is 19.4. The molecule has 2 N–H and O–H groups in total. The van der Waals surface area contributed by atoms with Crippen LogP contribution in [0.3, 0.4) is 0 Å². The Balaban J connectivity index is 1.93. The first kappa shape index (κ1) is 21.5. The van der Waals surface area contributed by atoms with Crippen molar-refractivity contribution < 1.29 is 22.8 Å². The van der Waals surface area contributed by atoms with E-state index in [2.05, 4.69) is 26.1 Å². The molecule has 0 unspecified atom stereocenters. The van der Waals surface area contributed by atoms with Crippen LogP contribution >= 0.6 is 0 Å². The van der Waals surface area contributed by atoms with Crippen LogP contribution in [0.4, 0.5) is 18.9 Å². The van der Waals surface area contributed by atoms with Gasteiger partial charge in [0, 0.05) is 11.3 Å². The summed E-state index contributed by atoms with van der Waals surface area (Å²) in [5.74, 6) is -0.982. The second kappa shape index (κ2) is 8.46. The molecule has 0 fully saturated rings. The molecule has 2 aromatic rings. The van der Waals surface area contributed by atoms with Crippen LogP contribution < -0.4 is 10.6 Å². The third kappa shape index (κ3) is 6.72. The molecule has 0 bridgehead atoms. The van der Waals surface area contributed by atoms with E-state index in [0.29, 0.717) is 16.8 Å². The second-order valence-corrected chi connectivity index (χ2v) is 7.55. The summed E-state index contributed by atoms with van der Waals surface area (Å²) in [7, 11) is 0. The first-order valence-corrected chi connectivity index (χ1v) is 8.78. The van der Waals surface area contributed by atoms with Crippen LogP contribution in [-0.2, 0) is 16.6 Å². The first-order chi connectivity index (χ1) is 12.9. The number of anilines is 1. The van der Waals surface area contributed by atoms with Gasteiger partial charge in [0.1, 0.15) is 6.54 Å². The highest BCUT2D eigenvalue weighted by Crippen LogP contribution is 2.22. The van der Waals surface area contributed by atoms with Crippen molar-refractivity contribution in [3.8, 4) is 0 Å². The average Bonchev–Trinajstić information content (AvgIpc) is 2.60. The molecule has 0 aliphatic carbocycles. The number of nitrogens with one attached hydrogen (secondary N) is 2. The third-order valence-corrected chi connectivity index (χ3v) is 4.08. The summed E-state index contributed by atoms with van der Waals surface area (Å²) in [6.07, 6.45) is -4.60. The number of carbonyl (C=O) groups excluding carboxylic acids is 2. The Bertz CT molecular complexity index is 821. The zero-order valence-corrected chi connectivity index (χ0v) is 16.0. The fraction of sp³-hybridized carbons (Fsp3) is 0.333. The van der Waals surface area contributed by atoms with Gasteiger partial charge in [-0.05, 0) is 40.8 Å². The summed E-state index contributed by atoms with van der Waals surface area (Å²) in [5, 5.41) is 4.57. The summed E-state index contributed by atoms with van der Waals surface area (Å²) >= 11 is 0. The number of hydrogen-bond donors (Lipinski definition) is 2. The van der Waals surface area contributed by atoms with Crippen LogP contribution in [0.15, 0.2) is 48.5 Å². The van der Waals surface area contributed by atoms with Crippen LogP contribution in [0.25, 0.3) is 0 Å². The normalized spacial score (nSPS) is 11.8. The van der Waals surface area contributed by atoms with Crippen molar-refractivity contribution in [3.63, 3.8) is 0 Å². The van der Waals surface area contributed by atoms with Crippen molar-refractivity contribution in [3.05, 3.63) is 65.2 Å². The molecule has 0 aliphatic rings. The lowest BCUT2D eigenvalue weighted by Crippen LogP contribution is -2.34. The SMILES string of the molecule is CC(C)(C)c1ccc(C(=O)Nc2ccc(CC(=O)NCC(F)(F)F)cc2)cc1. The van der Waals surface area contributed by atoms with Gasteiger partial charge in [-0.1, -0.05) is 45.0 Å². The number of alkyl halides is 3. The van der Waals surface area contributed by atoms with E-state index in [4.69, 9.17) is 0 Å². The molecule has 7 heteroatoms. The molecule has 0 spiro atoms. The van der Waals surface area contributed by atoms with Crippen molar-refractivity contribution in [1.82, 2.24) is 5.32 Å². The number of hydrogen-bond acceptors (Lipinski definition) is 2. The number of benzene rings is 2. The Hall–Kier alpha value is -2.83. The summed E-state index contributed by atoms with van der Waals surface area (Å²) in [6.45, 7) is 4.92. The summed E-state index contributed by atoms with van der Waals surface area (Å²) in [4.78, 5) is 23.9. The van der Waals surface area contributed by atoms with E-state index in [1.165, 1.54) is 0 Å². The molecule has 0 heterocycles. The van der Waals surface area contributed by atoms with Crippen molar-refractivity contribution in [2.75, 3.05) is 11.9 Å². The maximum Gasteiger partial charge on any atom is 0.405 e. The molecule has 150 valence electrons. The van der Waals surface area contributed by atoms with Gasteiger partial charge >= 0.3 is 6.18 Å². The van der Waals surface area contributed by atoms with Gasteiger partial charge < -0.3 is 10.6 Å². The lowest BCUT2D eigenvalue weighted by molar-refractivity contribution is -0.138. The van der Waals surface area contributed by atoms with Crippen LogP contribution in [-0.4, -0.2) is 24.5 Å². The highest BCUT2D eigenvalue weighted by Gasteiger charge is 2.27. The Kier molecular flexibility index (Phi) is 6.48. The van der Waals surface area contributed by atoms with Gasteiger partial charge in [-0.3, -0.25) is 9.59 Å². The fourth-order valence-electron chi connectivity index (χ4n) is 2.48. The Morgan fingerprint density at radius 3 is 1.96 bits per heavy atom. The van der Waals surface area contributed by atoms with Crippen LogP contribution in [0.2, 0.25) is 0 Å². The molecular formula is C21H23F3N2O2. The third-order valence-electron chi connectivity index (χ3n) is 4.08. The number of amides is 2. The number of rotatable bonds is 5. The Morgan fingerprint density at radius 2 is 1.46 bits per heavy atom. The topological polar surface area (TPSA) is 58.2 Å². The van der Waals surface area contributed by atoms with Gasteiger partial charge in [0.25, 0.3) is 5.91 Å². The van der Waals surface area contributed by atoms with Gasteiger partial charge in [-0.15, -0.1) is 0 Å². The molecule has 0 radical (unpaired) electrons. The van der Waals surface area contributed by atoms with Gasteiger partial charge in [0.15, 0.2) is 0 Å². The van der Waals surface area contributed by atoms with E-state index in [1.54, 1.807) is 36.4 Å². The zero-order chi connectivity index (χ0) is 20.9. The zero-order valence-electron chi connectivity index (χ0n) is 16.0. The molecular weight excluding hydrogens is 369 g/mol. The van der Waals surface area contributed by atoms with Crippen LogP contribution in [0.1, 0.15) is 42.3 Å². The van der Waals surface area contributed by atoms with Gasteiger partial charge in [-0.2, -0.15) is 13.2 Å². The number of halogens is 3. The Labute approximate surface area is 162 Å². The van der Waals surface area contributed by atoms with Crippen molar-refractivity contribution >= 4 is 17.5 Å². The van der Waals surface area contributed by atoms with E-state index < -0.39 is 18.6 Å². The predicted molar refractivity (Wildman–Crippen MR) is 102 cm³/mol. The monoisotopic (exact) mass is 392 g/mol. The van der Waals surface area contributed by atoms with Gasteiger partial charge in [-0.25, -0.2) is 0 Å². The molecule has 0 saturated heterocycles. The second-order valence-electron chi connectivity index (χ2n) is 7.55. The summed E-state index contributed by atoms with van der Waals surface area (Å²) in [6, 6.07) is 13.7. The van der Waals surface area contributed by atoms with E-state index in [0.717, 1.165) is 5.56 Å². The molecule has 0 aromatic heterocycles. The lowest BCUT2D eigenvalue weighted by atomic mass is 9.87. The van der Waals surface area contributed by atoms with Crippen molar-refractivity contribution in [1.29, 1.82) is 0 Å².